The maximum Gasteiger partial charge on any atom is -0.0199 e. The third-order valence-corrected chi connectivity index (χ3v) is 5.66. The highest BCUT2D eigenvalue weighted by molar-refractivity contribution is 8.32. The van der Waals surface area contributed by atoms with Crippen molar-refractivity contribution in [2.75, 3.05) is 24.0 Å². The number of hydrogen-bond donors (Lipinski definition) is 0. The summed E-state index contributed by atoms with van der Waals surface area (Å²) in [5.74, 6) is 5.93. The average Bonchev–Trinajstić information content (AvgIpc) is 2.05. The van der Waals surface area contributed by atoms with Gasteiger partial charge in [0.25, 0.3) is 0 Å². The van der Waals surface area contributed by atoms with E-state index < -0.39 is 0 Å². The summed E-state index contributed by atoms with van der Waals surface area (Å²) in [6, 6.07) is 0. The summed E-state index contributed by atoms with van der Waals surface area (Å²) in [7, 11) is -0.190. The second-order valence-electron chi connectivity index (χ2n) is 4.99. The van der Waals surface area contributed by atoms with Crippen LogP contribution in [-0.2, 0) is 0 Å². The van der Waals surface area contributed by atoms with Gasteiger partial charge >= 0.3 is 0 Å². The van der Waals surface area contributed by atoms with Crippen LogP contribution in [0.25, 0.3) is 0 Å². The van der Waals surface area contributed by atoms with Gasteiger partial charge in [-0.25, -0.2) is 10.0 Å². The molecule has 1 heteroatoms. The van der Waals surface area contributed by atoms with Crippen LogP contribution in [0.1, 0.15) is 20.8 Å². The van der Waals surface area contributed by atoms with E-state index in [0.29, 0.717) is 0 Å². The van der Waals surface area contributed by atoms with E-state index in [9.17, 15) is 0 Å². The molecule has 0 nitrogen and oxygen atoms in total. The van der Waals surface area contributed by atoms with Crippen molar-refractivity contribution in [3.8, 4) is 0 Å². The lowest BCUT2D eigenvalue weighted by Crippen LogP contribution is -2.15. The Hall–Kier alpha value is 0.350. The number of rotatable bonds is 1. The fraction of sp³-hybridized carbons (Fsp3) is 1.00. The first kappa shape index (κ1) is 9.44. The molecule has 1 rings (SSSR count). The largest absolute Gasteiger partial charge is 0.246 e. The van der Waals surface area contributed by atoms with Crippen LogP contribution < -0.4 is 0 Å². The van der Waals surface area contributed by atoms with Crippen molar-refractivity contribution < 1.29 is 0 Å². The molecule has 1 aliphatic heterocycles. The van der Waals surface area contributed by atoms with Crippen molar-refractivity contribution in [1.82, 2.24) is 0 Å². The first-order valence-corrected chi connectivity index (χ1v) is 7.40. The van der Waals surface area contributed by atoms with Gasteiger partial charge in [-0.05, 0) is 41.8 Å². The van der Waals surface area contributed by atoms with Gasteiger partial charge in [-0.1, -0.05) is 20.8 Å². The molecule has 2 atom stereocenters. The Morgan fingerprint density at radius 1 is 1.18 bits per heavy atom. The first-order chi connectivity index (χ1) is 4.92. The van der Waals surface area contributed by atoms with E-state index in [4.69, 9.17) is 0 Å². The maximum absolute atomic E-state index is 2.49. The minimum Gasteiger partial charge on any atom is -0.246 e. The van der Waals surface area contributed by atoms with E-state index in [-0.39, 0.29) is 10.0 Å². The Balaban J connectivity index is 2.59. The molecule has 68 valence electrons. The van der Waals surface area contributed by atoms with Crippen LogP contribution in [0, 0.1) is 17.8 Å². The number of hydrogen-bond acceptors (Lipinski definition) is 0. The van der Waals surface area contributed by atoms with E-state index in [0.717, 1.165) is 17.8 Å². The standard InChI is InChI=1S/C10H22S/c1-8(2)10-7-11(4,5)6-9(10)3/h8-10H,6-7H2,1-5H3. The Kier molecular flexibility index (Phi) is 2.58. The van der Waals surface area contributed by atoms with Crippen molar-refractivity contribution in [1.29, 1.82) is 0 Å². The molecule has 0 aromatic heterocycles. The van der Waals surface area contributed by atoms with E-state index in [2.05, 4.69) is 33.3 Å². The topological polar surface area (TPSA) is 0 Å². The molecule has 0 amide bonds. The molecular formula is C10H22S. The van der Waals surface area contributed by atoms with Crippen LogP contribution in [0.5, 0.6) is 0 Å². The summed E-state index contributed by atoms with van der Waals surface area (Å²) < 4.78 is 0. The zero-order valence-electron chi connectivity index (χ0n) is 8.55. The maximum atomic E-state index is 2.49. The van der Waals surface area contributed by atoms with Crippen molar-refractivity contribution in [3.05, 3.63) is 0 Å². The highest BCUT2D eigenvalue weighted by Crippen LogP contribution is 2.53. The Morgan fingerprint density at radius 3 is 1.91 bits per heavy atom. The van der Waals surface area contributed by atoms with Gasteiger partial charge in [-0.2, -0.15) is 0 Å². The minimum atomic E-state index is -0.190. The average molecular weight is 174 g/mol. The smallest absolute Gasteiger partial charge is 0.0199 e. The lowest BCUT2D eigenvalue weighted by Gasteiger charge is -2.25. The molecule has 2 unspecified atom stereocenters. The van der Waals surface area contributed by atoms with E-state index in [1.807, 2.05) is 0 Å². The zero-order chi connectivity index (χ0) is 8.65. The fourth-order valence-electron chi connectivity index (χ4n) is 2.44. The summed E-state index contributed by atoms with van der Waals surface area (Å²) in [6.07, 6.45) is 4.98. The van der Waals surface area contributed by atoms with Crippen LogP contribution in [0.4, 0.5) is 0 Å². The van der Waals surface area contributed by atoms with E-state index >= 15 is 0 Å². The SMILES string of the molecule is CC(C)C1CS(C)(C)CC1C. The van der Waals surface area contributed by atoms with Gasteiger partial charge in [-0.15, -0.1) is 0 Å². The highest BCUT2D eigenvalue weighted by Gasteiger charge is 2.34. The molecule has 0 saturated carbocycles. The fourth-order valence-corrected chi connectivity index (χ4v) is 6.00. The van der Waals surface area contributed by atoms with Crippen molar-refractivity contribution in [3.63, 3.8) is 0 Å². The summed E-state index contributed by atoms with van der Waals surface area (Å²) >= 11 is 0. The van der Waals surface area contributed by atoms with Crippen LogP contribution >= 0.6 is 10.0 Å². The summed E-state index contributed by atoms with van der Waals surface area (Å²) in [5, 5.41) is 0. The van der Waals surface area contributed by atoms with Gasteiger partial charge < -0.3 is 0 Å². The zero-order valence-corrected chi connectivity index (χ0v) is 9.37. The molecule has 0 N–H and O–H groups in total. The van der Waals surface area contributed by atoms with Crippen molar-refractivity contribution >= 4 is 10.0 Å². The first-order valence-electron chi connectivity index (χ1n) is 4.61. The third-order valence-electron chi connectivity index (χ3n) is 2.94. The van der Waals surface area contributed by atoms with Crippen molar-refractivity contribution in [2.45, 2.75) is 20.8 Å². The third kappa shape index (κ3) is 2.14. The summed E-state index contributed by atoms with van der Waals surface area (Å²) in [5.41, 5.74) is 0. The molecule has 1 aliphatic rings. The molecule has 0 bridgehead atoms. The molecule has 0 aliphatic carbocycles. The second-order valence-corrected chi connectivity index (χ2v) is 9.19. The van der Waals surface area contributed by atoms with Crippen molar-refractivity contribution in [2.24, 2.45) is 17.8 Å². The molecule has 1 heterocycles. The van der Waals surface area contributed by atoms with Gasteiger partial charge in [0, 0.05) is 0 Å². The summed E-state index contributed by atoms with van der Waals surface area (Å²) in [4.78, 5) is 0. The quantitative estimate of drug-likeness (QED) is 0.573. The van der Waals surface area contributed by atoms with Gasteiger partial charge in [-0.3, -0.25) is 0 Å². The minimum absolute atomic E-state index is 0.190. The highest BCUT2D eigenvalue weighted by atomic mass is 32.3. The lowest BCUT2D eigenvalue weighted by molar-refractivity contribution is 0.341. The Labute approximate surface area is 73.1 Å². The molecule has 0 aromatic carbocycles. The molecule has 1 saturated heterocycles. The molecule has 11 heavy (non-hydrogen) atoms. The molecule has 0 aromatic rings. The van der Waals surface area contributed by atoms with Crippen LogP contribution in [0.15, 0.2) is 0 Å². The molecule has 1 fully saturated rings. The molecular weight excluding hydrogens is 152 g/mol. The van der Waals surface area contributed by atoms with E-state index in [1.54, 1.807) is 0 Å². The van der Waals surface area contributed by atoms with Crippen LogP contribution in [0.3, 0.4) is 0 Å². The molecule has 0 spiro atoms. The monoisotopic (exact) mass is 174 g/mol. The van der Waals surface area contributed by atoms with Gasteiger partial charge in [0.05, 0.1) is 0 Å². The van der Waals surface area contributed by atoms with Crippen LogP contribution in [0.2, 0.25) is 0 Å². The van der Waals surface area contributed by atoms with Gasteiger partial charge in [0.2, 0.25) is 0 Å². The normalized spacial score (nSPS) is 39.5. The van der Waals surface area contributed by atoms with Crippen LogP contribution in [-0.4, -0.2) is 24.0 Å². The predicted molar refractivity (Wildman–Crippen MR) is 56.7 cm³/mol. The molecule has 0 radical (unpaired) electrons. The Morgan fingerprint density at radius 2 is 1.73 bits per heavy atom. The second kappa shape index (κ2) is 3.01. The van der Waals surface area contributed by atoms with Gasteiger partial charge in [0.1, 0.15) is 0 Å². The van der Waals surface area contributed by atoms with Gasteiger partial charge in [0.15, 0.2) is 0 Å². The lowest BCUT2D eigenvalue weighted by atomic mass is 9.88. The van der Waals surface area contributed by atoms with E-state index in [1.165, 1.54) is 11.5 Å². The Bertz CT molecular complexity index is 138. The predicted octanol–water partition coefficient (Wildman–Crippen LogP) is 2.97. The summed E-state index contributed by atoms with van der Waals surface area (Å²) in [6.45, 7) is 7.19.